The lowest BCUT2D eigenvalue weighted by Crippen LogP contribution is -2.33. The van der Waals surface area contributed by atoms with Gasteiger partial charge in [0.1, 0.15) is 5.03 Å². The number of hydrogen-bond acceptors (Lipinski definition) is 6. The Morgan fingerprint density at radius 1 is 1.37 bits per heavy atom. The maximum Gasteiger partial charge on any atom is 0.339 e. The summed E-state index contributed by atoms with van der Waals surface area (Å²) in [5.74, 6) is -0.0707. The number of nitrogens with zero attached hydrogens (tertiary/aromatic N) is 3. The molecule has 19 heavy (non-hydrogen) atoms. The summed E-state index contributed by atoms with van der Waals surface area (Å²) < 4.78 is 1.34. The molecule has 0 aliphatic heterocycles. The first-order chi connectivity index (χ1) is 8.97. The first-order valence-corrected chi connectivity index (χ1v) is 6.11. The van der Waals surface area contributed by atoms with Gasteiger partial charge in [0.2, 0.25) is 0 Å². The molecule has 2 heterocycles. The van der Waals surface area contributed by atoms with E-state index in [-0.39, 0.29) is 5.78 Å². The summed E-state index contributed by atoms with van der Waals surface area (Å²) in [6.45, 7) is 1.46. The van der Waals surface area contributed by atoms with Crippen LogP contribution in [-0.4, -0.2) is 25.5 Å². The van der Waals surface area contributed by atoms with Crippen molar-refractivity contribution >= 4 is 17.5 Å². The van der Waals surface area contributed by atoms with Crippen molar-refractivity contribution in [3.05, 3.63) is 44.6 Å². The molecule has 0 fully saturated rings. The average Bonchev–Trinajstić information content (AvgIpc) is 2.36. The predicted molar refractivity (Wildman–Crippen MR) is 68.5 cm³/mol. The van der Waals surface area contributed by atoms with Crippen LogP contribution in [0.2, 0.25) is 0 Å². The van der Waals surface area contributed by atoms with Crippen molar-refractivity contribution in [3.63, 3.8) is 0 Å². The molecule has 0 bridgehead atoms. The van der Waals surface area contributed by atoms with Crippen molar-refractivity contribution in [2.75, 3.05) is 0 Å². The van der Waals surface area contributed by atoms with Gasteiger partial charge >= 0.3 is 11.1 Å². The highest BCUT2D eigenvalue weighted by Gasteiger charge is 2.07. The van der Waals surface area contributed by atoms with E-state index < -0.39 is 11.1 Å². The summed E-state index contributed by atoms with van der Waals surface area (Å²) in [7, 11) is 1.57. The highest BCUT2D eigenvalue weighted by Crippen LogP contribution is 2.21. The lowest BCUT2D eigenvalue weighted by molar-refractivity contribution is 0.101. The van der Waals surface area contributed by atoms with Gasteiger partial charge in [-0.2, -0.15) is 4.98 Å². The monoisotopic (exact) mass is 278 g/mol. The second-order valence-corrected chi connectivity index (χ2v) is 4.73. The van der Waals surface area contributed by atoms with Gasteiger partial charge in [0.15, 0.2) is 10.9 Å². The Hall–Kier alpha value is -2.22. The number of ketones is 1. The molecular weight excluding hydrogens is 268 g/mol. The molecule has 7 nitrogen and oxygen atoms in total. The number of H-pyrrole nitrogens is 1. The number of pyridine rings is 1. The smallest absolute Gasteiger partial charge is 0.294 e. The SMILES string of the molecule is CC(=O)c1ccc(Sc2nc(=O)c(=O)[nH]n2C)nc1. The molecule has 98 valence electrons. The predicted octanol–water partition coefficient (Wildman–Crippen LogP) is 0.217. The van der Waals surface area contributed by atoms with Gasteiger partial charge in [-0.25, -0.2) is 4.98 Å². The first-order valence-electron chi connectivity index (χ1n) is 5.29. The largest absolute Gasteiger partial charge is 0.339 e. The van der Waals surface area contributed by atoms with Crippen LogP contribution in [0.3, 0.4) is 0 Å². The van der Waals surface area contributed by atoms with E-state index in [1.807, 2.05) is 0 Å². The number of rotatable bonds is 3. The lowest BCUT2D eigenvalue weighted by Gasteiger charge is -2.05. The maximum absolute atomic E-state index is 11.2. The van der Waals surface area contributed by atoms with Crippen molar-refractivity contribution in [2.45, 2.75) is 17.1 Å². The molecule has 1 N–H and O–H groups in total. The zero-order valence-electron chi connectivity index (χ0n) is 10.2. The van der Waals surface area contributed by atoms with Crippen molar-refractivity contribution in [2.24, 2.45) is 7.05 Å². The summed E-state index contributed by atoms with van der Waals surface area (Å²) in [6.07, 6.45) is 1.45. The first kappa shape index (κ1) is 13.2. The molecule has 0 saturated heterocycles. The van der Waals surface area contributed by atoms with Gasteiger partial charge in [-0.15, -0.1) is 0 Å². The van der Waals surface area contributed by atoms with Crippen molar-refractivity contribution < 1.29 is 4.79 Å². The zero-order valence-corrected chi connectivity index (χ0v) is 11.0. The van der Waals surface area contributed by atoms with Crippen molar-refractivity contribution in [1.82, 2.24) is 19.7 Å². The fourth-order valence-corrected chi connectivity index (χ4v) is 2.03. The summed E-state index contributed by atoms with van der Waals surface area (Å²) in [6, 6.07) is 3.29. The number of carbonyl (C=O) groups is 1. The second kappa shape index (κ2) is 5.19. The van der Waals surface area contributed by atoms with E-state index in [1.54, 1.807) is 19.2 Å². The zero-order chi connectivity index (χ0) is 14.0. The Kier molecular flexibility index (Phi) is 3.61. The van der Waals surface area contributed by atoms with Crippen molar-refractivity contribution in [1.29, 1.82) is 0 Å². The third-order valence-electron chi connectivity index (χ3n) is 2.29. The Balaban J connectivity index is 2.31. The highest BCUT2D eigenvalue weighted by atomic mass is 32.2. The van der Waals surface area contributed by atoms with Crippen LogP contribution in [-0.2, 0) is 7.05 Å². The molecule has 0 aliphatic rings. The van der Waals surface area contributed by atoms with Gasteiger partial charge in [-0.05, 0) is 30.8 Å². The second-order valence-electron chi connectivity index (χ2n) is 3.74. The average molecular weight is 278 g/mol. The number of nitrogens with one attached hydrogen (secondary N) is 1. The molecule has 0 aliphatic carbocycles. The number of Topliss-reactive ketones (excluding diaryl/α,β-unsaturated/α-hetero) is 1. The van der Waals surface area contributed by atoms with E-state index in [0.29, 0.717) is 15.7 Å². The van der Waals surface area contributed by atoms with Gasteiger partial charge < -0.3 is 0 Å². The number of aryl methyl sites for hydroxylation is 1. The van der Waals surface area contributed by atoms with Crippen molar-refractivity contribution in [3.8, 4) is 0 Å². The number of hydrogen-bond donors (Lipinski definition) is 1. The Morgan fingerprint density at radius 2 is 2.11 bits per heavy atom. The molecule has 0 spiro atoms. The van der Waals surface area contributed by atoms with Gasteiger partial charge in [0.05, 0.1) is 0 Å². The summed E-state index contributed by atoms with van der Waals surface area (Å²) in [4.78, 5) is 41.1. The number of carbonyl (C=O) groups excluding carboxylic acids is 1. The lowest BCUT2D eigenvalue weighted by atomic mass is 10.2. The molecule has 0 unspecified atom stereocenters. The van der Waals surface area contributed by atoms with E-state index >= 15 is 0 Å². The van der Waals surface area contributed by atoms with Gasteiger partial charge in [0.25, 0.3) is 0 Å². The standard InChI is InChI=1S/C11H10N4O3S/c1-6(16)7-3-4-8(12-5-7)19-11-13-9(17)10(18)14-15(11)2/h3-5H,1-2H3,(H,14,18). The quantitative estimate of drug-likeness (QED) is 0.637. The number of aromatic amines is 1. The van der Waals surface area contributed by atoms with Crippen LogP contribution in [0.4, 0.5) is 0 Å². The molecule has 0 amide bonds. The topological polar surface area (TPSA) is 97.7 Å². The Bertz CT molecular complexity index is 733. The van der Waals surface area contributed by atoms with Gasteiger partial charge in [-0.3, -0.25) is 24.2 Å². The summed E-state index contributed by atoms with van der Waals surface area (Å²) in [5.41, 5.74) is -1.11. The van der Waals surface area contributed by atoms with Gasteiger partial charge in [0, 0.05) is 18.8 Å². The van der Waals surface area contributed by atoms with Crippen LogP contribution in [0.15, 0.2) is 38.1 Å². The van der Waals surface area contributed by atoms with Crippen LogP contribution in [0.5, 0.6) is 0 Å². The van der Waals surface area contributed by atoms with E-state index in [9.17, 15) is 14.4 Å². The maximum atomic E-state index is 11.2. The fourth-order valence-electron chi connectivity index (χ4n) is 1.29. The molecule has 0 atom stereocenters. The van der Waals surface area contributed by atoms with E-state index in [4.69, 9.17) is 0 Å². The molecule has 0 aromatic carbocycles. The van der Waals surface area contributed by atoms with Crippen LogP contribution >= 0.6 is 11.8 Å². The van der Waals surface area contributed by atoms with Crippen LogP contribution < -0.4 is 11.1 Å². The van der Waals surface area contributed by atoms with E-state index in [0.717, 1.165) is 11.8 Å². The molecule has 0 radical (unpaired) electrons. The fraction of sp³-hybridized carbons (Fsp3) is 0.182. The van der Waals surface area contributed by atoms with Crippen LogP contribution in [0, 0.1) is 0 Å². The molecule has 0 saturated carbocycles. The minimum atomic E-state index is -0.846. The number of aromatic nitrogens is 4. The Morgan fingerprint density at radius 3 is 2.68 bits per heavy atom. The van der Waals surface area contributed by atoms with E-state index in [1.165, 1.54) is 17.8 Å². The van der Waals surface area contributed by atoms with Crippen LogP contribution in [0.1, 0.15) is 17.3 Å². The van der Waals surface area contributed by atoms with Crippen LogP contribution in [0.25, 0.3) is 0 Å². The van der Waals surface area contributed by atoms with E-state index in [2.05, 4.69) is 15.1 Å². The third-order valence-corrected chi connectivity index (χ3v) is 3.28. The highest BCUT2D eigenvalue weighted by molar-refractivity contribution is 7.99. The molecule has 2 aromatic heterocycles. The van der Waals surface area contributed by atoms with Gasteiger partial charge in [-0.1, -0.05) is 0 Å². The summed E-state index contributed by atoms with van der Waals surface area (Å²) >= 11 is 1.12. The molecule has 2 rings (SSSR count). The molecule has 2 aromatic rings. The third kappa shape index (κ3) is 2.97. The minimum Gasteiger partial charge on any atom is -0.294 e. The Labute approximate surface area is 111 Å². The normalized spacial score (nSPS) is 10.4. The molecular formula is C11H10N4O3S. The summed E-state index contributed by atoms with van der Waals surface area (Å²) in [5, 5.41) is 3.22. The minimum absolute atomic E-state index is 0.0707. The molecule has 8 heteroatoms.